The summed E-state index contributed by atoms with van der Waals surface area (Å²) < 4.78 is 5.38. The molecule has 1 heterocycles. The van der Waals surface area contributed by atoms with Crippen LogP contribution in [0.1, 0.15) is 72.0 Å². The summed E-state index contributed by atoms with van der Waals surface area (Å²) in [5.74, 6) is -0.540. The minimum absolute atomic E-state index is 0.174. The van der Waals surface area contributed by atoms with Crippen LogP contribution in [0, 0.1) is 0 Å². The first-order chi connectivity index (χ1) is 11.1. The van der Waals surface area contributed by atoms with Crippen LogP contribution in [0.2, 0.25) is 0 Å². The first kappa shape index (κ1) is 16.5. The molecule has 5 heteroatoms. The molecule has 126 valence electrons. The summed E-state index contributed by atoms with van der Waals surface area (Å²) in [6, 6.07) is 2.19. The molecule has 1 N–H and O–H groups in total. The lowest BCUT2D eigenvalue weighted by Gasteiger charge is -2.24. The highest BCUT2D eigenvalue weighted by Crippen LogP contribution is 2.30. The fraction of sp³-hybridized carbons (Fsp3) is 0.667. The van der Waals surface area contributed by atoms with Crippen molar-refractivity contribution >= 4 is 23.2 Å². The van der Waals surface area contributed by atoms with E-state index < -0.39 is 6.10 Å². The van der Waals surface area contributed by atoms with Gasteiger partial charge in [-0.3, -0.25) is 4.79 Å². The van der Waals surface area contributed by atoms with E-state index in [0.29, 0.717) is 4.88 Å². The monoisotopic (exact) mass is 335 g/mol. The second-order valence-electron chi connectivity index (χ2n) is 6.66. The van der Waals surface area contributed by atoms with Crippen LogP contribution < -0.4 is 5.32 Å². The average molecular weight is 335 g/mol. The molecule has 0 spiro atoms. The Balaban J connectivity index is 1.54. The van der Waals surface area contributed by atoms with E-state index in [1.54, 1.807) is 6.92 Å². The zero-order valence-corrected chi connectivity index (χ0v) is 14.5. The highest BCUT2D eigenvalue weighted by atomic mass is 32.1. The lowest BCUT2D eigenvalue weighted by atomic mass is 9.95. The fourth-order valence-electron chi connectivity index (χ4n) is 3.43. The van der Waals surface area contributed by atoms with Crippen molar-refractivity contribution in [2.75, 3.05) is 0 Å². The van der Waals surface area contributed by atoms with Crippen molar-refractivity contribution in [2.45, 2.75) is 76.9 Å². The maximum Gasteiger partial charge on any atom is 0.349 e. The molecule has 0 aliphatic heterocycles. The van der Waals surface area contributed by atoms with Gasteiger partial charge in [0, 0.05) is 10.9 Å². The van der Waals surface area contributed by atoms with Gasteiger partial charge < -0.3 is 10.1 Å². The van der Waals surface area contributed by atoms with Gasteiger partial charge in [0.2, 0.25) is 0 Å². The standard InChI is InChI=1S/C18H25NO3S/c1-12(17(20)19-14-8-3-2-4-9-14)22-18(21)16-11-13-7-5-6-10-15(13)23-16/h11-12,14H,2-10H2,1H3,(H,19,20)/t12-/m0/s1. The van der Waals surface area contributed by atoms with E-state index in [1.807, 2.05) is 6.07 Å². The number of fused-ring (bicyclic) bond motifs is 1. The predicted octanol–water partition coefficient (Wildman–Crippen LogP) is 3.62. The molecule has 1 aromatic rings. The van der Waals surface area contributed by atoms with Crippen LogP contribution in [-0.2, 0) is 22.4 Å². The number of hydrogen-bond acceptors (Lipinski definition) is 4. The van der Waals surface area contributed by atoms with Crippen LogP contribution in [-0.4, -0.2) is 24.0 Å². The van der Waals surface area contributed by atoms with Gasteiger partial charge in [-0.25, -0.2) is 4.79 Å². The third-order valence-electron chi connectivity index (χ3n) is 4.80. The summed E-state index contributed by atoms with van der Waals surface area (Å²) >= 11 is 1.53. The van der Waals surface area contributed by atoms with Gasteiger partial charge in [0.1, 0.15) is 4.88 Å². The maximum atomic E-state index is 12.3. The number of nitrogens with one attached hydrogen (secondary N) is 1. The molecule has 1 fully saturated rings. The molecule has 1 aromatic heterocycles. The molecule has 0 radical (unpaired) electrons. The van der Waals surface area contributed by atoms with E-state index in [1.165, 1.54) is 53.9 Å². The molecule has 1 saturated carbocycles. The number of amides is 1. The summed E-state index contributed by atoms with van der Waals surface area (Å²) in [5, 5.41) is 3.01. The first-order valence-electron chi connectivity index (χ1n) is 8.76. The van der Waals surface area contributed by atoms with Crippen LogP contribution in [0.4, 0.5) is 0 Å². The van der Waals surface area contributed by atoms with Crippen molar-refractivity contribution in [3.8, 4) is 0 Å². The van der Waals surface area contributed by atoms with E-state index in [2.05, 4.69) is 5.32 Å². The number of hydrogen-bond donors (Lipinski definition) is 1. The van der Waals surface area contributed by atoms with Crippen molar-refractivity contribution in [1.29, 1.82) is 0 Å². The van der Waals surface area contributed by atoms with Gasteiger partial charge in [0.05, 0.1) is 0 Å². The third kappa shape index (κ3) is 4.14. The smallest absolute Gasteiger partial charge is 0.349 e. The van der Waals surface area contributed by atoms with Crippen LogP contribution in [0.15, 0.2) is 6.07 Å². The van der Waals surface area contributed by atoms with E-state index in [9.17, 15) is 9.59 Å². The lowest BCUT2D eigenvalue weighted by molar-refractivity contribution is -0.130. The Hall–Kier alpha value is -1.36. The Morgan fingerprint density at radius 3 is 2.65 bits per heavy atom. The largest absolute Gasteiger partial charge is 0.448 e. The van der Waals surface area contributed by atoms with Gasteiger partial charge in [-0.05, 0) is 57.1 Å². The number of esters is 1. The summed E-state index contributed by atoms with van der Waals surface area (Å²) in [4.78, 5) is 26.4. The van der Waals surface area contributed by atoms with Gasteiger partial charge in [-0.1, -0.05) is 19.3 Å². The summed E-state index contributed by atoms with van der Waals surface area (Å²) in [6.07, 6.45) is 9.42. The van der Waals surface area contributed by atoms with Crippen LogP contribution in [0.3, 0.4) is 0 Å². The lowest BCUT2D eigenvalue weighted by Crippen LogP contribution is -2.42. The number of carbonyl (C=O) groups is 2. The average Bonchev–Trinajstić information content (AvgIpc) is 3.00. The number of aryl methyl sites for hydroxylation is 2. The molecule has 0 aromatic carbocycles. The van der Waals surface area contributed by atoms with E-state index in [4.69, 9.17) is 4.74 Å². The van der Waals surface area contributed by atoms with Gasteiger partial charge in [0.25, 0.3) is 5.91 Å². The molecule has 0 unspecified atom stereocenters. The third-order valence-corrected chi connectivity index (χ3v) is 6.02. The van der Waals surface area contributed by atoms with Crippen LogP contribution in [0.5, 0.6) is 0 Å². The molecular formula is C18H25NO3S. The van der Waals surface area contributed by atoms with Gasteiger partial charge in [-0.2, -0.15) is 0 Å². The Morgan fingerprint density at radius 2 is 1.91 bits per heavy atom. The molecule has 2 aliphatic carbocycles. The normalized spacial score (nSPS) is 19.7. The molecule has 23 heavy (non-hydrogen) atoms. The summed E-state index contributed by atoms with van der Waals surface area (Å²) in [5.41, 5.74) is 1.28. The molecule has 0 saturated heterocycles. The van der Waals surface area contributed by atoms with E-state index in [-0.39, 0.29) is 17.9 Å². The number of rotatable bonds is 4. The van der Waals surface area contributed by atoms with E-state index in [0.717, 1.165) is 25.7 Å². The zero-order chi connectivity index (χ0) is 16.2. The fourth-order valence-corrected chi connectivity index (χ4v) is 4.57. The number of thiophene rings is 1. The van der Waals surface area contributed by atoms with Crippen molar-refractivity contribution < 1.29 is 14.3 Å². The van der Waals surface area contributed by atoms with Gasteiger partial charge in [0.15, 0.2) is 6.10 Å². The molecule has 4 nitrogen and oxygen atoms in total. The second-order valence-corrected chi connectivity index (χ2v) is 7.79. The molecule has 0 bridgehead atoms. The highest BCUT2D eigenvalue weighted by Gasteiger charge is 2.24. The highest BCUT2D eigenvalue weighted by molar-refractivity contribution is 7.14. The maximum absolute atomic E-state index is 12.3. The van der Waals surface area contributed by atoms with E-state index >= 15 is 0 Å². The SMILES string of the molecule is C[C@H](OC(=O)c1cc2c(s1)CCCC2)C(=O)NC1CCCCC1. The molecule has 3 rings (SSSR count). The van der Waals surface area contributed by atoms with Crippen molar-refractivity contribution in [2.24, 2.45) is 0 Å². The summed E-state index contributed by atoms with van der Waals surface area (Å²) in [6.45, 7) is 1.66. The van der Waals surface area contributed by atoms with Crippen LogP contribution >= 0.6 is 11.3 Å². The molecule has 1 amide bonds. The minimum atomic E-state index is -0.733. The zero-order valence-electron chi connectivity index (χ0n) is 13.7. The topological polar surface area (TPSA) is 55.4 Å². The van der Waals surface area contributed by atoms with Crippen molar-refractivity contribution in [3.05, 3.63) is 21.4 Å². The Kier molecular flexibility index (Phi) is 5.36. The predicted molar refractivity (Wildman–Crippen MR) is 90.9 cm³/mol. The van der Waals surface area contributed by atoms with Gasteiger partial charge >= 0.3 is 5.97 Å². The number of ether oxygens (including phenoxy) is 1. The second kappa shape index (κ2) is 7.47. The van der Waals surface area contributed by atoms with Gasteiger partial charge in [-0.15, -0.1) is 11.3 Å². The Bertz CT molecular complexity index is 551. The first-order valence-corrected chi connectivity index (χ1v) is 9.58. The quantitative estimate of drug-likeness (QED) is 0.855. The Labute approximate surface area is 141 Å². The number of carbonyl (C=O) groups excluding carboxylic acids is 2. The molecule has 2 aliphatic rings. The molecule has 1 atom stereocenters. The van der Waals surface area contributed by atoms with Crippen LogP contribution in [0.25, 0.3) is 0 Å². The van der Waals surface area contributed by atoms with Crippen molar-refractivity contribution in [3.63, 3.8) is 0 Å². The Morgan fingerprint density at radius 1 is 1.17 bits per heavy atom. The van der Waals surface area contributed by atoms with Crippen molar-refractivity contribution in [1.82, 2.24) is 5.32 Å². The molecular weight excluding hydrogens is 310 g/mol. The minimum Gasteiger partial charge on any atom is -0.448 e. The summed E-state index contributed by atoms with van der Waals surface area (Å²) in [7, 11) is 0.